The van der Waals surface area contributed by atoms with Crippen molar-refractivity contribution in [3.05, 3.63) is 30.1 Å². The minimum Gasteiger partial charge on any atom is -0.481 e. The first-order valence-corrected chi connectivity index (χ1v) is 5.70. The number of urea groups is 1. The molecule has 1 heterocycles. The molecular formula is C12H13FN2O4. The van der Waals surface area contributed by atoms with E-state index >= 15 is 0 Å². The van der Waals surface area contributed by atoms with Gasteiger partial charge in [0.1, 0.15) is 11.7 Å². The molecule has 19 heavy (non-hydrogen) atoms. The van der Waals surface area contributed by atoms with Crippen LogP contribution < -0.4 is 10.6 Å². The largest absolute Gasteiger partial charge is 0.481 e. The van der Waals surface area contributed by atoms with E-state index in [1.807, 2.05) is 0 Å². The Hall–Kier alpha value is -2.15. The molecule has 6 nitrogen and oxygen atoms in total. The molecule has 1 fully saturated rings. The number of anilines is 1. The molecule has 0 bridgehead atoms. The number of carboxylic acids is 1. The van der Waals surface area contributed by atoms with Crippen LogP contribution in [0.1, 0.15) is 0 Å². The van der Waals surface area contributed by atoms with E-state index in [4.69, 9.17) is 9.84 Å². The Labute approximate surface area is 108 Å². The van der Waals surface area contributed by atoms with Gasteiger partial charge in [-0.2, -0.15) is 0 Å². The summed E-state index contributed by atoms with van der Waals surface area (Å²) < 4.78 is 17.9. The van der Waals surface area contributed by atoms with Crippen molar-refractivity contribution in [1.29, 1.82) is 0 Å². The van der Waals surface area contributed by atoms with Crippen LogP contribution in [-0.2, 0) is 9.53 Å². The third-order valence-electron chi connectivity index (χ3n) is 2.80. The Morgan fingerprint density at radius 1 is 1.37 bits per heavy atom. The average molecular weight is 268 g/mol. The van der Waals surface area contributed by atoms with Gasteiger partial charge in [0.25, 0.3) is 0 Å². The first-order valence-electron chi connectivity index (χ1n) is 5.70. The van der Waals surface area contributed by atoms with Crippen molar-refractivity contribution in [3.63, 3.8) is 0 Å². The Morgan fingerprint density at radius 3 is 2.84 bits per heavy atom. The topological polar surface area (TPSA) is 87.7 Å². The van der Waals surface area contributed by atoms with Crippen LogP contribution in [0.25, 0.3) is 0 Å². The highest BCUT2D eigenvalue weighted by molar-refractivity contribution is 5.89. The SMILES string of the molecule is O=C(Nc1cccc(F)c1)NC1COCC1C(=O)O. The molecule has 2 atom stereocenters. The van der Waals surface area contributed by atoms with Crippen LogP contribution in [0, 0.1) is 11.7 Å². The van der Waals surface area contributed by atoms with E-state index in [9.17, 15) is 14.0 Å². The van der Waals surface area contributed by atoms with Crippen LogP contribution in [-0.4, -0.2) is 36.4 Å². The number of ether oxygens (including phenoxy) is 1. The maximum atomic E-state index is 12.9. The molecule has 0 aromatic heterocycles. The van der Waals surface area contributed by atoms with Crippen molar-refractivity contribution >= 4 is 17.7 Å². The number of hydrogen-bond donors (Lipinski definition) is 3. The molecule has 0 radical (unpaired) electrons. The third-order valence-corrected chi connectivity index (χ3v) is 2.80. The van der Waals surface area contributed by atoms with Gasteiger partial charge in [0.15, 0.2) is 0 Å². The lowest BCUT2D eigenvalue weighted by Crippen LogP contribution is -2.44. The molecule has 1 aromatic rings. The molecule has 1 saturated heterocycles. The molecule has 2 amide bonds. The zero-order chi connectivity index (χ0) is 13.8. The van der Waals surface area contributed by atoms with E-state index in [0.29, 0.717) is 5.69 Å². The third kappa shape index (κ3) is 3.41. The normalized spacial score (nSPS) is 21.9. The fraction of sp³-hybridized carbons (Fsp3) is 0.333. The highest BCUT2D eigenvalue weighted by Gasteiger charge is 2.35. The lowest BCUT2D eigenvalue weighted by molar-refractivity contribution is -0.142. The Kier molecular flexibility index (Phi) is 3.96. The van der Waals surface area contributed by atoms with E-state index in [2.05, 4.69) is 10.6 Å². The number of aliphatic carboxylic acids is 1. The van der Waals surface area contributed by atoms with Crippen LogP contribution in [0.5, 0.6) is 0 Å². The van der Waals surface area contributed by atoms with Gasteiger partial charge in [0, 0.05) is 5.69 Å². The van der Waals surface area contributed by atoms with Crippen molar-refractivity contribution in [3.8, 4) is 0 Å². The number of benzene rings is 1. The van der Waals surface area contributed by atoms with Gasteiger partial charge in [-0.1, -0.05) is 6.07 Å². The number of carboxylic acid groups (broad SMARTS) is 1. The summed E-state index contributed by atoms with van der Waals surface area (Å²) in [6.45, 7) is 0.216. The zero-order valence-electron chi connectivity index (χ0n) is 9.93. The summed E-state index contributed by atoms with van der Waals surface area (Å²) in [6, 6.07) is 4.23. The fourth-order valence-corrected chi connectivity index (χ4v) is 1.84. The van der Waals surface area contributed by atoms with Crippen molar-refractivity contribution in [2.75, 3.05) is 18.5 Å². The summed E-state index contributed by atoms with van der Waals surface area (Å²) >= 11 is 0. The molecule has 1 aromatic carbocycles. The molecular weight excluding hydrogens is 255 g/mol. The number of rotatable bonds is 3. The molecule has 2 unspecified atom stereocenters. The van der Waals surface area contributed by atoms with Crippen LogP contribution >= 0.6 is 0 Å². The van der Waals surface area contributed by atoms with Crippen molar-refractivity contribution in [2.45, 2.75) is 6.04 Å². The van der Waals surface area contributed by atoms with Crippen molar-refractivity contribution < 1.29 is 23.8 Å². The number of carbonyl (C=O) groups excluding carboxylic acids is 1. The summed E-state index contributed by atoms with van der Waals surface area (Å²) in [6.07, 6.45) is 0. The summed E-state index contributed by atoms with van der Waals surface area (Å²) in [5, 5.41) is 13.9. The first-order chi connectivity index (χ1) is 9.06. The van der Waals surface area contributed by atoms with Gasteiger partial charge >= 0.3 is 12.0 Å². The molecule has 102 valence electrons. The minimum absolute atomic E-state index is 0.0697. The quantitative estimate of drug-likeness (QED) is 0.764. The molecule has 3 N–H and O–H groups in total. The summed E-state index contributed by atoms with van der Waals surface area (Å²) in [4.78, 5) is 22.5. The Balaban J connectivity index is 1.92. The second-order valence-electron chi connectivity index (χ2n) is 4.20. The maximum Gasteiger partial charge on any atom is 0.319 e. The number of carbonyl (C=O) groups is 2. The molecule has 2 rings (SSSR count). The smallest absolute Gasteiger partial charge is 0.319 e. The average Bonchev–Trinajstić information content (AvgIpc) is 2.76. The summed E-state index contributed by atoms with van der Waals surface area (Å²) in [7, 11) is 0. The van der Waals surface area contributed by atoms with E-state index in [0.717, 1.165) is 0 Å². The maximum absolute atomic E-state index is 12.9. The first kappa shape index (κ1) is 13.3. The van der Waals surface area contributed by atoms with Crippen LogP contribution in [0.3, 0.4) is 0 Å². The highest BCUT2D eigenvalue weighted by Crippen LogP contribution is 2.14. The molecule has 7 heteroatoms. The predicted octanol–water partition coefficient (Wildman–Crippen LogP) is 1.05. The van der Waals surface area contributed by atoms with Gasteiger partial charge in [0.2, 0.25) is 0 Å². The number of halogens is 1. The Morgan fingerprint density at radius 2 is 2.16 bits per heavy atom. The standard InChI is InChI=1S/C12H13FN2O4/c13-7-2-1-3-8(4-7)14-12(18)15-10-6-19-5-9(10)11(16)17/h1-4,9-10H,5-6H2,(H,16,17)(H2,14,15,18). The van der Waals surface area contributed by atoms with Crippen LogP contribution in [0.4, 0.5) is 14.9 Å². The lowest BCUT2D eigenvalue weighted by atomic mass is 10.0. The van der Waals surface area contributed by atoms with E-state index in [1.165, 1.54) is 24.3 Å². The van der Waals surface area contributed by atoms with Crippen LogP contribution in [0.2, 0.25) is 0 Å². The monoisotopic (exact) mass is 268 g/mol. The van der Waals surface area contributed by atoms with E-state index in [-0.39, 0.29) is 13.2 Å². The minimum atomic E-state index is -1.02. The highest BCUT2D eigenvalue weighted by atomic mass is 19.1. The van der Waals surface area contributed by atoms with Crippen LogP contribution in [0.15, 0.2) is 24.3 Å². The number of nitrogens with one attached hydrogen (secondary N) is 2. The van der Waals surface area contributed by atoms with Gasteiger partial charge < -0.3 is 20.5 Å². The van der Waals surface area contributed by atoms with Crippen molar-refractivity contribution in [2.24, 2.45) is 5.92 Å². The van der Waals surface area contributed by atoms with Gasteiger partial charge in [-0.05, 0) is 18.2 Å². The van der Waals surface area contributed by atoms with Gasteiger partial charge in [0.05, 0.1) is 19.3 Å². The molecule has 1 aliphatic rings. The van der Waals surface area contributed by atoms with Crippen molar-refractivity contribution in [1.82, 2.24) is 5.32 Å². The number of hydrogen-bond acceptors (Lipinski definition) is 3. The van der Waals surface area contributed by atoms with E-state index < -0.39 is 29.8 Å². The van der Waals surface area contributed by atoms with E-state index in [1.54, 1.807) is 0 Å². The Bertz CT molecular complexity index is 494. The number of amides is 2. The molecule has 0 saturated carbocycles. The second-order valence-corrected chi connectivity index (χ2v) is 4.20. The van der Waals surface area contributed by atoms with Gasteiger partial charge in [-0.25, -0.2) is 9.18 Å². The fourth-order valence-electron chi connectivity index (χ4n) is 1.84. The summed E-state index contributed by atoms with van der Waals surface area (Å²) in [5.74, 6) is -2.25. The summed E-state index contributed by atoms with van der Waals surface area (Å²) in [5.41, 5.74) is 0.295. The zero-order valence-corrected chi connectivity index (χ0v) is 9.93. The van der Waals surface area contributed by atoms with Gasteiger partial charge in [-0.15, -0.1) is 0 Å². The molecule has 0 aliphatic carbocycles. The predicted molar refractivity (Wildman–Crippen MR) is 64.3 cm³/mol. The van der Waals surface area contributed by atoms with Gasteiger partial charge in [-0.3, -0.25) is 4.79 Å². The second kappa shape index (κ2) is 5.66. The molecule has 0 spiro atoms. The lowest BCUT2D eigenvalue weighted by Gasteiger charge is -2.16. The molecule has 1 aliphatic heterocycles.